The van der Waals surface area contributed by atoms with E-state index in [4.69, 9.17) is 0 Å². The van der Waals surface area contributed by atoms with Crippen molar-refractivity contribution in [1.29, 1.82) is 0 Å². The van der Waals surface area contributed by atoms with Crippen LogP contribution < -0.4 is 5.32 Å². The second-order valence-electron chi connectivity index (χ2n) is 3.48. The minimum Gasteiger partial charge on any atom is -0.307 e. The molecule has 0 amide bonds. The molecule has 0 radical (unpaired) electrons. The zero-order valence-corrected chi connectivity index (χ0v) is 9.18. The van der Waals surface area contributed by atoms with E-state index in [9.17, 15) is 0 Å². The SMILES string of the molecule is CNC(c1ccnn1C)c1ccnn1C. The summed E-state index contributed by atoms with van der Waals surface area (Å²) in [6.07, 6.45) is 3.60. The summed E-state index contributed by atoms with van der Waals surface area (Å²) in [6.45, 7) is 0. The van der Waals surface area contributed by atoms with E-state index in [0.29, 0.717) is 0 Å². The molecule has 0 fully saturated rings. The Hall–Kier alpha value is -1.62. The molecule has 0 saturated carbocycles. The van der Waals surface area contributed by atoms with Crippen LogP contribution in [-0.2, 0) is 14.1 Å². The van der Waals surface area contributed by atoms with Crippen LogP contribution in [0.15, 0.2) is 24.5 Å². The molecule has 0 unspecified atom stereocenters. The zero-order valence-electron chi connectivity index (χ0n) is 9.18. The van der Waals surface area contributed by atoms with E-state index in [1.54, 1.807) is 12.4 Å². The number of rotatable bonds is 3. The van der Waals surface area contributed by atoms with Crippen molar-refractivity contribution in [1.82, 2.24) is 24.9 Å². The van der Waals surface area contributed by atoms with Gasteiger partial charge in [0.15, 0.2) is 0 Å². The van der Waals surface area contributed by atoms with Crippen LogP contribution in [0.5, 0.6) is 0 Å². The summed E-state index contributed by atoms with van der Waals surface area (Å²) in [5, 5.41) is 11.6. The first-order chi connectivity index (χ1) is 7.24. The van der Waals surface area contributed by atoms with Crippen LogP contribution in [-0.4, -0.2) is 26.6 Å². The van der Waals surface area contributed by atoms with Crippen LogP contribution in [0.3, 0.4) is 0 Å². The van der Waals surface area contributed by atoms with Crippen LogP contribution >= 0.6 is 0 Å². The van der Waals surface area contributed by atoms with Crippen LogP contribution in [0.25, 0.3) is 0 Å². The van der Waals surface area contributed by atoms with Gasteiger partial charge in [-0.2, -0.15) is 10.2 Å². The van der Waals surface area contributed by atoms with Crippen LogP contribution in [0, 0.1) is 0 Å². The predicted octanol–water partition coefficient (Wildman–Crippen LogP) is 0.462. The molecule has 0 aliphatic carbocycles. The minimum absolute atomic E-state index is 0.130. The van der Waals surface area contributed by atoms with Crippen molar-refractivity contribution in [2.45, 2.75) is 6.04 Å². The molecule has 5 heteroatoms. The van der Waals surface area contributed by atoms with Gasteiger partial charge in [0.25, 0.3) is 0 Å². The number of aromatic nitrogens is 4. The highest BCUT2D eigenvalue weighted by molar-refractivity contribution is 5.20. The second-order valence-corrected chi connectivity index (χ2v) is 3.48. The topological polar surface area (TPSA) is 47.7 Å². The molecule has 5 nitrogen and oxygen atoms in total. The Morgan fingerprint density at radius 3 is 1.80 bits per heavy atom. The van der Waals surface area contributed by atoms with E-state index >= 15 is 0 Å². The van der Waals surface area contributed by atoms with Crippen molar-refractivity contribution in [2.24, 2.45) is 14.1 Å². The number of aryl methyl sites for hydroxylation is 2. The summed E-state index contributed by atoms with van der Waals surface area (Å²) in [7, 11) is 5.82. The molecule has 80 valence electrons. The molecule has 15 heavy (non-hydrogen) atoms. The first-order valence-electron chi connectivity index (χ1n) is 4.87. The molecular weight excluding hydrogens is 190 g/mol. The van der Waals surface area contributed by atoms with Gasteiger partial charge in [-0.3, -0.25) is 9.36 Å². The average Bonchev–Trinajstić information content (AvgIpc) is 2.80. The molecule has 0 aliphatic rings. The van der Waals surface area contributed by atoms with Crippen molar-refractivity contribution >= 4 is 0 Å². The standard InChI is InChI=1S/C10H15N5/c1-11-10(8-4-6-12-14(8)2)9-5-7-13-15(9)3/h4-7,10-11H,1-3H3. The zero-order chi connectivity index (χ0) is 10.8. The molecule has 2 rings (SSSR count). The molecule has 0 aliphatic heterocycles. The van der Waals surface area contributed by atoms with Gasteiger partial charge in [0.1, 0.15) is 0 Å². The third-order valence-electron chi connectivity index (χ3n) is 2.60. The lowest BCUT2D eigenvalue weighted by Gasteiger charge is -2.16. The molecule has 0 aromatic carbocycles. The van der Waals surface area contributed by atoms with Crippen LogP contribution in [0.2, 0.25) is 0 Å². The fraction of sp³-hybridized carbons (Fsp3) is 0.400. The normalized spacial score (nSPS) is 11.2. The summed E-state index contributed by atoms with van der Waals surface area (Å²) in [4.78, 5) is 0. The molecule has 2 heterocycles. The quantitative estimate of drug-likeness (QED) is 0.792. The lowest BCUT2D eigenvalue weighted by molar-refractivity contribution is 0.560. The van der Waals surface area contributed by atoms with Gasteiger partial charge in [0, 0.05) is 26.5 Å². The third-order valence-corrected chi connectivity index (χ3v) is 2.60. The maximum absolute atomic E-state index is 4.17. The Bertz CT molecular complexity index is 402. The van der Waals surface area contributed by atoms with E-state index < -0.39 is 0 Å². The molecule has 0 atom stereocenters. The highest BCUT2D eigenvalue weighted by Gasteiger charge is 2.17. The Morgan fingerprint density at radius 1 is 1.07 bits per heavy atom. The van der Waals surface area contributed by atoms with E-state index in [2.05, 4.69) is 15.5 Å². The Morgan fingerprint density at radius 2 is 1.53 bits per heavy atom. The monoisotopic (exact) mass is 205 g/mol. The molecule has 0 spiro atoms. The third kappa shape index (κ3) is 1.66. The van der Waals surface area contributed by atoms with E-state index in [1.807, 2.05) is 42.6 Å². The first-order valence-corrected chi connectivity index (χ1v) is 4.87. The lowest BCUT2D eigenvalue weighted by atomic mass is 10.1. The second kappa shape index (κ2) is 3.86. The van der Waals surface area contributed by atoms with Gasteiger partial charge in [0.2, 0.25) is 0 Å². The fourth-order valence-corrected chi connectivity index (χ4v) is 1.78. The van der Waals surface area contributed by atoms with Crippen molar-refractivity contribution in [3.63, 3.8) is 0 Å². The Kier molecular flexibility index (Phi) is 2.55. The van der Waals surface area contributed by atoms with E-state index in [-0.39, 0.29) is 6.04 Å². The van der Waals surface area contributed by atoms with E-state index in [1.165, 1.54) is 0 Å². The molecular formula is C10H15N5. The summed E-state index contributed by atoms with van der Waals surface area (Å²) < 4.78 is 3.74. The maximum Gasteiger partial charge on any atom is 0.0916 e. The number of hydrogen-bond acceptors (Lipinski definition) is 3. The number of nitrogens with zero attached hydrogens (tertiary/aromatic N) is 4. The highest BCUT2D eigenvalue weighted by atomic mass is 15.3. The smallest absolute Gasteiger partial charge is 0.0916 e. The molecule has 2 aromatic rings. The van der Waals surface area contributed by atoms with Gasteiger partial charge in [0.05, 0.1) is 17.4 Å². The van der Waals surface area contributed by atoms with Crippen LogP contribution in [0.4, 0.5) is 0 Å². The Balaban J connectivity index is 2.41. The van der Waals surface area contributed by atoms with Gasteiger partial charge in [-0.1, -0.05) is 0 Å². The Labute approximate surface area is 88.7 Å². The van der Waals surface area contributed by atoms with Gasteiger partial charge >= 0.3 is 0 Å². The summed E-state index contributed by atoms with van der Waals surface area (Å²) in [5.41, 5.74) is 2.25. The van der Waals surface area contributed by atoms with Gasteiger partial charge < -0.3 is 5.32 Å². The maximum atomic E-state index is 4.17. The van der Waals surface area contributed by atoms with Crippen molar-refractivity contribution < 1.29 is 0 Å². The highest BCUT2D eigenvalue weighted by Crippen LogP contribution is 2.19. The lowest BCUT2D eigenvalue weighted by Crippen LogP contribution is -2.23. The van der Waals surface area contributed by atoms with Crippen molar-refractivity contribution in [3.05, 3.63) is 35.9 Å². The van der Waals surface area contributed by atoms with Gasteiger partial charge in [-0.05, 0) is 19.2 Å². The fourth-order valence-electron chi connectivity index (χ4n) is 1.78. The van der Waals surface area contributed by atoms with E-state index in [0.717, 1.165) is 11.4 Å². The van der Waals surface area contributed by atoms with Crippen molar-refractivity contribution in [2.75, 3.05) is 7.05 Å². The molecule has 0 bridgehead atoms. The predicted molar refractivity (Wildman–Crippen MR) is 57.3 cm³/mol. The summed E-state index contributed by atoms with van der Waals surface area (Å²) in [5.74, 6) is 0. The van der Waals surface area contributed by atoms with Gasteiger partial charge in [-0.15, -0.1) is 0 Å². The largest absolute Gasteiger partial charge is 0.307 e. The number of hydrogen-bond donors (Lipinski definition) is 1. The summed E-state index contributed by atoms with van der Waals surface area (Å²) in [6, 6.07) is 4.15. The first kappa shape index (κ1) is 9.92. The van der Waals surface area contributed by atoms with Gasteiger partial charge in [-0.25, -0.2) is 0 Å². The molecule has 0 saturated heterocycles. The minimum atomic E-state index is 0.130. The molecule has 1 N–H and O–H groups in total. The van der Waals surface area contributed by atoms with Crippen molar-refractivity contribution in [3.8, 4) is 0 Å². The summed E-state index contributed by atoms with van der Waals surface area (Å²) >= 11 is 0. The number of nitrogens with one attached hydrogen (secondary N) is 1. The molecule has 2 aromatic heterocycles. The average molecular weight is 205 g/mol. The van der Waals surface area contributed by atoms with Crippen LogP contribution in [0.1, 0.15) is 17.4 Å².